The summed E-state index contributed by atoms with van der Waals surface area (Å²) >= 11 is 0. The van der Waals surface area contributed by atoms with Crippen molar-refractivity contribution in [1.82, 2.24) is 24.9 Å². The Hall–Kier alpha value is -2.87. The van der Waals surface area contributed by atoms with Gasteiger partial charge < -0.3 is 15.1 Å². The van der Waals surface area contributed by atoms with Crippen molar-refractivity contribution in [3.63, 3.8) is 0 Å². The maximum atomic E-state index is 12.8. The molecule has 1 aromatic heterocycles. The van der Waals surface area contributed by atoms with E-state index in [1.165, 1.54) is 49.9 Å². The number of likely N-dealkylation sites (tertiary alicyclic amines) is 1. The van der Waals surface area contributed by atoms with Crippen molar-refractivity contribution in [1.29, 1.82) is 0 Å². The molecule has 2 aliphatic rings. The summed E-state index contributed by atoms with van der Waals surface area (Å²) in [7, 11) is 3.64. The maximum absolute atomic E-state index is 12.8. The van der Waals surface area contributed by atoms with Crippen LogP contribution in [0.1, 0.15) is 36.8 Å². The molecule has 2 aliphatic heterocycles. The largest absolute Gasteiger partial charge is 0.352 e. The minimum absolute atomic E-state index is 0.0637. The van der Waals surface area contributed by atoms with E-state index in [1.54, 1.807) is 22.8 Å². The fraction of sp³-hybridized carbons (Fsp3) is 0.542. The second kappa shape index (κ2) is 10.6. The van der Waals surface area contributed by atoms with Gasteiger partial charge in [0.2, 0.25) is 5.91 Å². The Balaban J connectivity index is 1.35. The number of hydrogen-bond acceptors (Lipinski definition) is 4. The Morgan fingerprint density at radius 2 is 1.81 bits per heavy atom. The van der Waals surface area contributed by atoms with Gasteiger partial charge in [0.1, 0.15) is 6.54 Å². The van der Waals surface area contributed by atoms with Crippen LogP contribution in [-0.2, 0) is 24.9 Å². The molecule has 1 N–H and O–H groups in total. The second-order valence-corrected chi connectivity index (χ2v) is 8.70. The molecule has 8 heteroatoms. The van der Waals surface area contributed by atoms with Crippen LogP contribution in [0.3, 0.4) is 0 Å². The molecule has 2 aromatic rings. The van der Waals surface area contributed by atoms with E-state index in [9.17, 15) is 4.79 Å². The van der Waals surface area contributed by atoms with Gasteiger partial charge in [-0.2, -0.15) is 5.10 Å². The number of aryl methyl sites for hydroxylation is 1. The first-order chi connectivity index (χ1) is 15.6. The zero-order valence-corrected chi connectivity index (χ0v) is 19.3. The van der Waals surface area contributed by atoms with Gasteiger partial charge >= 0.3 is 0 Å². The van der Waals surface area contributed by atoms with E-state index in [1.807, 2.05) is 18.1 Å². The van der Waals surface area contributed by atoms with E-state index in [4.69, 9.17) is 0 Å². The summed E-state index contributed by atoms with van der Waals surface area (Å²) in [5.41, 5.74) is 3.51. The summed E-state index contributed by atoms with van der Waals surface area (Å²) in [5.74, 6) is 0.836. The predicted molar refractivity (Wildman–Crippen MR) is 128 cm³/mol. The summed E-state index contributed by atoms with van der Waals surface area (Å²) in [6.07, 6.45) is 8.91. The Morgan fingerprint density at radius 1 is 1.06 bits per heavy atom. The molecule has 4 rings (SSSR count). The molecule has 0 radical (unpaired) electrons. The predicted octanol–water partition coefficient (Wildman–Crippen LogP) is 2.22. The average molecular weight is 438 g/mol. The van der Waals surface area contributed by atoms with Crippen LogP contribution in [0.5, 0.6) is 0 Å². The van der Waals surface area contributed by atoms with Crippen LogP contribution in [0.4, 0.5) is 5.69 Å². The molecule has 0 bridgehead atoms. The Bertz CT molecular complexity index is 930. The van der Waals surface area contributed by atoms with Crippen LogP contribution in [0.15, 0.2) is 41.7 Å². The number of piperazine rings is 1. The molecule has 172 valence electrons. The molecule has 1 amide bonds. The van der Waals surface area contributed by atoms with Crippen molar-refractivity contribution in [2.24, 2.45) is 12.0 Å². The van der Waals surface area contributed by atoms with Gasteiger partial charge in [0.25, 0.3) is 0 Å². The normalized spacial score (nSPS) is 18.7. The SMILES string of the molecule is CN=C(NCc1ccccc1CN1CCCCCC1)N1CCN(c2cnn(C)c2)C(=O)C1. The summed E-state index contributed by atoms with van der Waals surface area (Å²) in [6, 6.07) is 8.66. The highest BCUT2D eigenvalue weighted by Gasteiger charge is 2.27. The number of aliphatic imine (C=N–C) groups is 1. The lowest BCUT2D eigenvalue weighted by Gasteiger charge is -2.35. The number of aromatic nitrogens is 2. The summed E-state index contributed by atoms with van der Waals surface area (Å²) in [4.78, 5) is 23.6. The van der Waals surface area contributed by atoms with Crippen LogP contribution in [-0.4, -0.2) is 71.2 Å². The van der Waals surface area contributed by atoms with Gasteiger partial charge in [-0.25, -0.2) is 0 Å². The van der Waals surface area contributed by atoms with Crippen molar-refractivity contribution in [2.45, 2.75) is 38.8 Å². The zero-order chi connectivity index (χ0) is 22.3. The summed E-state index contributed by atoms with van der Waals surface area (Å²) in [6.45, 7) is 5.74. The molecule has 0 spiro atoms. The van der Waals surface area contributed by atoms with Gasteiger partial charge in [0.05, 0.1) is 11.9 Å². The number of amides is 1. The lowest BCUT2D eigenvalue weighted by Crippen LogP contribution is -2.55. The molecule has 1 aromatic carbocycles. The highest BCUT2D eigenvalue weighted by Crippen LogP contribution is 2.18. The number of anilines is 1. The van der Waals surface area contributed by atoms with Crippen molar-refractivity contribution in [2.75, 3.05) is 44.7 Å². The molecule has 8 nitrogen and oxygen atoms in total. The third-order valence-corrected chi connectivity index (χ3v) is 6.38. The van der Waals surface area contributed by atoms with Crippen LogP contribution in [0, 0.1) is 0 Å². The fourth-order valence-corrected chi connectivity index (χ4v) is 4.60. The number of benzene rings is 1. The number of carbonyl (C=O) groups excluding carboxylic acids is 1. The molecule has 0 saturated carbocycles. The minimum Gasteiger partial charge on any atom is -0.352 e. The number of hydrogen-bond donors (Lipinski definition) is 1. The molecule has 0 atom stereocenters. The third-order valence-electron chi connectivity index (χ3n) is 6.38. The first-order valence-corrected chi connectivity index (χ1v) is 11.7. The third kappa shape index (κ3) is 5.48. The van der Waals surface area contributed by atoms with Gasteiger partial charge in [-0.05, 0) is 37.1 Å². The van der Waals surface area contributed by atoms with Gasteiger partial charge in [0, 0.05) is 46.5 Å². The van der Waals surface area contributed by atoms with Crippen molar-refractivity contribution in [3.8, 4) is 0 Å². The monoisotopic (exact) mass is 437 g/mol. The number of guanidine groups is 1. The quantitative estimate of drug-likeness (QED) is 0.574. The summed E-state index contributed by atoms with van der Waals surface area (Å²) in [5, 5.41) is 7.68. The molecule has 3 heterocycles. The Kier molecular flexibility index (Phi) is 7.42. The van der Waals surface area contributed by atoms with Gasteiger partial charge in [-0.15, -0.1) is 0 Å². The first-order valence-electron chi connectivity index (χ1n) is 11.7. The Morgan fingerprint density at radius 3 is 2.47 bits per heavy atom. The smallest absolute Gasteiger partial charge is 0.246 e. The van der Waals surface area contributed by atoms with Crippen LogP contribution < -0.4 is 10.2 Å². The van der Waals surface area contributed by atoms with Gasteiger partial charge in [-0.3, -0.25) is 19.4 Å². The van der Waals surface area contributed by atoms with Crippen LogP contribution in [0.2, 0.25) is 0 Å². The number of carbonyl (C=O) groups is 1. The topological polar surface area (TPSA) is 69.0 Å². The number of nitrogens with zero attached hydrogens (tertiary/aromatic N) is 6. The van der Waals surface area contributed by atoms with Crippen molar-refractivity contribution in [3.05, 3.63) is 47.8 Å². The van der Waals surface area contributed by atoms with E-state index in [0.29, 0.717) is 19.6 Å². The Labute approximate surface area is 190 Å². The first kappa shape index (κ1) is 22.3. The molecule has 2 fully saturated rings. The molecule has 2 saturated heterocycles. The van der Waals surface area contributed by atoms with E-state index >= 15 is 0 Å². The fourth-order valence-electron chi connectivity index (χ4n) is 4.60. The zero-order valence-electron chi connectivity index (χ0n) is 19.3. The van der Waals surface area contributed by atoms with E-state index in [0.717, 1.165) is 24.7 Å². The summed E-state index contributed by atoms with van der Waals surface area (Å²) < 4.78 is 1.72. The molecule has 0 aliphatic carbocycles. The van der Waals surface area contributed by atoms with Crippen LogP contribution >= 0.6 is 0 Å². The average Bonchev–Trinajstić information content (AvgIpc) is 3.06. The van der Waals surface area contributed by atoms with E-state index in [2.05, 4.69) is 44.6 Å². The number of rotatable bonds is 5. The number of nitrogens with one attached hydrogen (secondary N) is 1. The molecule has 32 heavy (non-hydrogen) atoms. The lowest BCUT2D eigenvalue weighted by molar-refractivity contribution is -0.120. The molecule has 0 unspecified atom stereocenters. The minimum atomic E-state index is 0.0637. The van der Waals surface area contributed by atoms with Crippen molar-refractivity contribution < 1.29 is 4.79 Å². The highest BCUT2D eigenvalue weighted by atomic mass is 16.2. The van der Waals surface area contributed by atoms with Gasteiger partial charge in [0.15, 0.2) is 5.96 Å². The van der Waals surface area contributed by atoms with E-state index in [-0.39, 0.29) is 5.91 Å². The second-order valence-electron chi connectivity index (χ2n) is 8.70. The van der Waals surface area contributed by atoms with Gasteiger partial charge in [-0.1, -0.05) is 37.1 Å². The van der Waals surface area contributed by atoms with Crippen LogP contribution in [0.25, 0.3) is 0 Å². The lowest BCUT2D eigenvalue weighted by atomic mass is 10.1. The molecular weight excluding hydrogens is 402 g/mol. The highest BCUT2D eigenvalue weighted by molar-refractivity contribution is 5.98. The molecular formula is C24H35N7O. The standard InChI is InChI=1S/C24H35N7O/c1-25-24(30-13-14-31(23(32)19-30)22-16-27-28(2)18-22)26-15-20-9-5-6-10-21(20)17-29-11-7-3-4-8-12-29/h5-6,9-10,16,18H,3-4,7-8,11-15,17,19H2,1-2H3,(H,25,26). The maximum Gasteiger partial charge on any atom is 0.246 e. The van der Waals surface area contributed by atoms with Crippen molar-refractivity contribution >= 4 is 17.6 Å². The van der Waals surface area contributed by atoms with E-state index < -0.39 is 0 Å².